The molecule has 1 heterocycles. The van der Waals surface area contributed by atoms with E-state index in [1.807, 2.05) is 96.9 Å². The first-order chi connectivity index (χ1) is 12.3. The molecule has 0 saturated carbocycles. The van der Waals surface area contributed by atoms with Gasteiger partial charge in [-0.05, 0) is 29.8 Å². The zero-order valence-electron chi connectivity index (χ0n) is 13.9. The molecule has 0 atom stereocenters. The molecule has 3 heteroatoms. The number of aromatic nitrogens is 1. The van der Waals surface area contributed by atoms with Crippen LogP contribution < -0.4 is 10.3 Å². The average molecular weight is 326 g/mol. The van der Waals surface area contributed by atoms with Gasteiger partial charge in [-0.2, -0.15) is 0 Å². The zero-order chi connectivity index (χ0) is 17.2. The highest BCUT2D eigenvalue weighted by atomic mass is 16.1. The lowest BCUT2D eigenvalue weighted by atomic mass is 10.0. The molecule has 25 heavy (non-hydrogen) atoms. The van der Waals surface area contributed by atoms with Crippen LogP contribution >= 0.6 is 0 Å². The van der Waals surface area contributed by atoms with Gasteiger partial charge in [0.2, 0.25) is 0 Å². The highest BCUT2D eigenvalue weighted by Gasteiger charge is 2.17. The number of hydrogen-bond donors (Lipinski definition) is 1. The van der Waals surface area contributed by atoms with Crippen molar-refractivity contribution in [3.63, 3.8) is 0 Å². The van der Waals surface area contributed by atoms with Gasteiger partial charge in [0, 0.05) is 18.1 Å². The van der Waals surface area contributed by atoms with E-state index in [9.17, 15) is 4.79 Å². The molecule has 0 amide bonds. The maximum absolute atomic E-state index is 13.2. The molecule has 122 valence electrons. The summed E-state index contributed by atoms with van der Waals surface area (Å²) < 4.78 is 0. The Kier molecular flexibility index (Phi) is 3.82. The molecule has 0 saturated heterocycles. The lowest BCUT2D eigenvalue weighted by Crippen LogP contribution is -2.18. The highest BCUT2D eigenvalue weighted by molar-refractivity contribution is 5.90. The number of anilines is 2. The second kappa shape index (κ2) is 6.29. The van der Waals surface area contributed by atoms with Crippen molar-refractivity contribution in [2.45, 2.75) is 0 Å². The van der Waals surface area contributed by atoms with Crippen LogP contribution in [0.5, 0.6) is 0 Å². The van der Waals surface area contributed by atoms with Crippen molar-refractivity contribution in [2.24, 2.45) is 0 Å². The van der Waals surface area contributed by atoms with Gasteiger partial charge in [0.1, 0.15) is 5.82 Å². The molecule has 0 spiro atoms. The van der Waals surface area contributed by atoms with E-state index in [0.717, 1.165) is 22.6 Å². The summed E-state index contributed by atoms with van der Waals surface area (Å²) in [5, 5.41) is 0.701. The van der Waals surface area contributed by atoms with Crippen LogP contribution in [0.3, 0.4) is 0 Å². The fourth-order valence-electron chi connectivity index (χ4n) is 3.13. The van der Waals surface area contributed by atoms with Crippen molar-refractivity contribution in [3.8, 4) is 11.1 Å². The molecular weight excluding hydrogens is 308 g/mol. The van der Waals surface area contributed by atoms with E-state index in [1.165, 1.54) is 0 Å². The maximum atomic E-state index is 13.2. The van der Waals surface area contributed by atoms with E-state index in [-0.39, 0.29) is 5.43 Å². The lowest BCUT2D eigenvalue weighted by Gasteiger charge is -2.23. The number of nitrogens with zero attached hydrogens (tertiary/aromatic N) is 1. The second-order valence-electron chi connectivity index (χ2n) is 5.98. The van der Waals surface area contributed by atoms with Crippen LogP contribution in [0.2, 0.25) is 0 Å². The van der Waals surface area contributed by atoms with Gasteiger partial charge in [-0.25, -0.2) is 0 Å². The van der Waals surface area contributed by atoms with Gasteiger partial charge >= 0.3 is 0 Å². The third-order valence-corrected chi connectivity index (χ3v) is 4.43. The van der Waals surface area contributed by atoms with Crippen LogP contribution in [0.15, 0.2) is 89.7 Å². The maximum Gasteiger partial charge on any atom is 0.199 e. The summed E-state index contributed by atoms with van der Waals surface area (Å²) in [6, 6.07) is 27.5. The summed E-state index contributed by atoms with van der Waals surface area (Å²) in [6.07, 6.45) is 0. The lowest BCUT2D eigenvalue weighted by molar-refractivity contribution is 1.14. The smallest absolute Gasteiger partial charge is 0.199 e. The van der Waals surface area contributed by atoms with Gasteiger partial charge in [0.05, 0.1) is 11.1 Å². The number of nitrogens with one attached hydrogen (secondary N) is 1. The molecule has 0 radical (unpaired) electrons. The van der Waals surface area contributed by atoms with E-state index >= 15 is 0 Å². The molecule has 0 aliphatic rings. The summed E-state index contributed by atoms with van der Waals surface area (Å²) in [6.45, 7) is 0. The van der Waals surface area contributed by atoms with E-state index < -0.39 is 0 Å². The molecule has 3 aromatic carbocycles. The van der Waals surface area contributed by atoms with Crippen molar-refractivity contribution in [2.75, 3.05) is 11.9 Å². The van der Waals surface area contributed by atoms with Crippen molar-refractivity contribution in [1.29, 1.82) is 0 Å². The van der Waals surface area contributed by atoms with E-state index in [1.54, 1.807) is 0 Å². The monoisotopic (exact) mass is 326 g/mol. The third-order valence-electron chi connectivity index (χ3n) is 4.43. The van der Waals surface area contributed by atoms with E-state index in [4.69, 9.17) is 0 Å². The molecule has 0 bridgehead atoms. The Morgan fingerprint density at radius 1 is 0.760 bits per heavy atom. The molecule has 4 aromatic rings. The topological polar surface area (TPSA) is 36.1 Å². The first-order valence-electron chi connectivity index (χ1n) is 8.25. The first kappa shape index (κ1) is 15.2. The minimum Gasteiger partial charge on any atom is -0.340 e. The molecule has 4 rings (SSSR count). The Hall–Kier alpha value is -3.33. The normalized spacial score (nSPS) is 10.8. The fourth-order valence-corrected chi connectivity index (χ4v) is 3.13. The average Bonchev–Trinajstić information content (AvgIpc) is 2.69. The van der Waals surface area contributed by atoms with Gasteiger partial charge in [0.25, 0.3) is 0 Å². The zero-order valence-corrected chi connectivity index (χ0v) is 13.9. The minimum absolute atomic E-state index is 0.0401. The summed E-state index contributed by atoms with van der Waals surface area (Å²) in [4.78, 5) is 18.7. The second-order valence-corrected chi connectivity index (χ2v) is 5.98. The highest BCUT2D eigenvalue weighted by Crippen LogP contribution is 2.31. The number of para-hydroxylation sites is 2. The van der Waals surface area contributed by atoms with Gasteiger partial charge in [-0.1, -0.05) is 60.7 Å². The quantitative estimate of drug-likeness (QED) is 0.577. The number of fused-ring (bicyclic) bond motifs is 1. The fraction of sp³-hybridized carbons (Fsp3) is 0.0455. The largest absolute Gasteiger partial charge is 0.340 e. The van der Waals surface area contributed by atoms with Crippen LogP contribution in [-0.4, -0.2) is 12.0 Å². The molecule has 0 aliphatic heterocycles. The molecule has 0 aliphatic carbocycles. The standard InChI is InChI=1S/C22H18N2O/c1-24(17-12-6-3-7-13-17)22-20(16-10-4-2-5-11-16)21(25)18-14-8-9-15-19(18)23-22/h2-15H,1H3,(H,23,25). The van der Waals surface area contributed by atoms with Crippen LogP contribution in [-0.2, 0) is 0 Å². The van der Waals surface area contributed by atoms with Gasteiger partial charge < -0.3 is 9.88 Å². The SMILES string of the molecule is CN(c1ccccc1)c1[nH]c2ccccc2c(=O)c1-c1ccccc1. The van der Waals surface area contributed by atoms with Gasteiger partial charge in [-0.3, -0.25) is 4.79 Å². The number of hydrogen-bond acceptors (Lipinski definition) is 2. The Morgan fingerprint density at radius 2 is 1.36 bits per heavy atom. The Bertz CT molecular complexity index is 1070. The van der Waals surface area contributed by atoms with Crippen molar-refractivity contribution in [3.05, 3.63) is 95.2 Å². The predicted octanol–water partition coefficient (Wildman–Crippen LogP) is 4.96. The summed E-state index contributed by atoms with van der Waals surface area (Å²) in [7, 11) is 1.97. The van der Waals surface area contributed by atoms with E-state index in [2.05, 4.69) is 4.98 Å². The number of aromatic amines is 1. The number of benzene rings is 3. The third kappa shape index (κ3) is 2.70. The van der Waals surface area contributed by atoms with Crippen molar-refractivity contribution in [1.82, 2.24) is 4.98 Å². The van der Waals surface area contributed by atoms with Crippen LogP contribution in [0, 0.1) is 0 Å². The Labute approximate surface area is 146 Å². The van der Waals surface area contributed by atoms with Gasteiger partial charge in [-0.15, -0.1) is 0 Å². The molecule has 0 unspecified atom stereocenters. The minimum atomic E-state index is 0.0401. The number of H-pyrrole nitrogens is 1. The van der Waals surface area contributed by atoms with Crippen LogP contribution in [0.1, 0.15) is 0 Å². The molecule has 1 N–H and O–H groups in total. The molecule has 1 aromatic heterocycles. The van der Waals surface area contributed by atoms with E-state index in [0.29, 0.717) is 10.9 Å². The number of rotatable bonds is 3. The summed E-state index contributed by atoms with van der Waals surface area (Å²) >= 11 is 0. The number of pyridine rings is 1. The molecule has 0 fully saturated rings. The van der Waals surface area contributed by atoms with Crippen molar-refractivity contribution >= 4 is 22.4 Å². The van der Waals surface area contributed by atoms with Crippen LogP contribution in [0.4, 0.5) is 11.5 Å². The Balaban J connectivity index is 2.04. The Morgan fingerprint density at radius 3 is 2.08 bits per heavy atom. The summed E-state index contributed by atoms with van der Waals surface area (Å²) in [5.41, 5.74) is 3.49. The van der Waals surface area contributed by atoms with Crippen molar-refractivity contribution < 1.29 is 0 Å². The summed E-state index contributed by atoms with van der Waals surface area (Å²) in [5.74, 6) is 0.793. The first-order valence-corrected chi connectivity index (χ1v) is 8.25. The molecule has 3 nitrogen and oxygen atoms in total. The van der Waals surface area contributed by atoms with Gasteiger partial charge in [0.15, 0.2) is 5.43 Å². The predicted molar refractivity (Wildman–Crippen MR) is 105 cm³/mol. The van der Waals surface area contributed by atoms with Crippen LogP contribution in [0.25, 0.3) is 22.0 Å². The molecular formula is C22H18N2O.